The highest BCUT2D eigenvalue weighted by Crippen LogP contribution is 2.34. The number of hydrogen-bond acceptors (Lipinski definition) is 6. The van der Waals surface area contributed by atoms with Crippen molar-refractivity contribution in [3.63, 3.8) is 0 Å². The predicted molar refractivity (Wildman–Crippen MR) is 90.7 cm³/mol. The zero-order valence-electron chi connectivity index (χ0n) is 13.6. The Morgan fingerprint density at radius 2 is 1.52 bits per heavy atom. The Morgan fingerprint density at radius 1 is 0.840 bits per heavy atom. The number of aliphatic hydroxyl groups excluding tert-OH is 2. The van der Waals surface area contributed by atoms with Gasteiger partial charge in [0, 0.05) is 11.3 Å². The van der Waals surface area contributed by atoms with E-state index in [2.05, 4.69) is 5.32 Å². The molecule has 2 aliphatic rings. The summed E-state index contributed by atoms with van der Waals surface area (Å²) in [6.45, 7) is 0.279. The Labute approximate surface area is 146 Å². The molecule has 0 radical (unpaired) electrons. The van der Waals surface area contributed by atoms with Crippen LogP contribution in [0.5, 0.6) is 0 Å². The van der Waals surface area contributed by atoms with Gasteiger partial charge in [-0.3, -0.25) is 0 Å². The second-order valence-electron chi connectivity index (χ2n) is 6.26. The highest BCUT2D eigenvalue weighted by atomic mass is 16.7. The molecule has 2 fully saturated rings. The van der Waals surface area contributed by atoms with Crippen molar-refractivity contribution in [1.29, 1.82) is 0 Å². The molecule has 2 heterocycles. The fraction of sp³-hybridized carbons (Fsp3) is 0.368. The molecule has 1 unspecified atom stereocenters. The van der Waals surface area contributed by atoms with E-state index in [1.54, 1.807) is 0 Å². The second kappa shape index (κ2) is 7.11. The van der Waals surface area contributed by atoms with Gasteiger partial charge in [0.1, 0.15) is 24.4 Å². The maximum Gasteiger partial charge on any atom is 0.184 e. The number of fused-ring (bicyclic) bond motifs is 1. The van der Waals surface area contributed by atoms with Gasteiger partial charge in [-0.05, 0) is 12.1 Å². The third-order valence-corrected chi connectivity index (χ3v) is 4.53. The van der Waals surface area contributed by atoms with Crippen LogP contribution in [0.4, 0.5) is 5.69 Å². The minimum absolute atomic E-state index is 0.279. The third kappa shape index (κ3) is 3.40. The predicted octanol–water partition coefficient (Wildman–Crippen LogP) is 1.66. The van der Waals surface area contributed by atoms with E-state index in [1.165, 1.54) is 0 Å². The van der Waals surface area contributed by atoms with Crippen LogP contribution in [0.1, 0.15) is 11.9 Å². The molecule has 25 heavy (non-hydrogen) atoms. The van der Waals surface area contributed by atoms with Crippen molar-refractivity contribution in [3.05, 3.63) is 66.2 Å². The van der Waals surface area contributed by atoms with Crippen molar-refractivity contribution in [1.82, 2.24) is 0 Å². The molecule has 2 saturated heterocycles. The number of anilines is 1. The van der Waals surface area contributed by atoms with Gasteiger partial charge in [0.25, 0.3) is 0 Å². The van der Waals surface area contributed by atoms with Gasteiger partial charge in [0.2, 0.25) is 0 Å². The molecule has 0 amide bonds. The van der Waals surface area contributed by atoms with Gasteiger partial charge in [-0.2, -0.15) is 0 Å². The van der Waals surface area contributed by atoms with E-state index in [0.717, 1.165) is 11.3 Å². The first-order valence-electron chi connectivity index (χ1n) is 8.37. The third-order valence-electron chi connectivity index (χ3n) is 4.53. The van der Waals surface area contributed by atoms with Crippen LogP contribution in [0.3, 0.4) is 0 Å². The number of benzene rings is 2. The van der Waals surface area contributed by atoms with Crippen molar-refractivity contribution in [2.45, 2.75) is 36.9 Å². The van der Waals surface area contributed by atoms with Crippen LogP contribution in [-0.4, -0.2) is 47.5 Å². The van der Waals surface area contributed by atoms with Gasteiger partial charge < -0.3 is 29.7 Å². The average molecular weight is 343 g/mol. The van der Waals surface area contributed by atoms with Gasteiger partial charge in [-0.25, -0.2) is 0 Å². The molecule has 2 aromatic rings. The summed E-state index contributed by atoms with van der Waals surface area (Å²) in [5, 5.41) is 24.1. The smallest absolute Gasteiger partial charge is 0.184 e. The van der Waals surface area contributed by atoms with Crippen molar-refractivity contribution in [2.24, 2.45) is 0 Å². The van der Waals surface area contributed by atoms with Gasteiger partial charge >= 0.3 is 0 Å². The summed E-state index contributed by atoms with van der Waals surface area (Å²) < 4.78 is 17.5. The van der Waals surface area contributed by atoms with Gasteiger partial charge in [0.05, 0.1) is 6.61 Å². The van der Waals surface area contributed by atoms with Crippen LogP contribution < -0.4 is 5.32 Å². The van der Waals surface area contributed by atoms with Crippen molar-refractivity contribution < 1.29 is 24.4 Å². The van der Waals surface area contributed by atoms with Crippen LogP contribution in [0, 0.1) is 0 Å². The lowest BCUT2D eigenvalue weighted by atomic mass is 9.97. The van der Waals surface area contributed by atoms with Gasteiger partial charge in [-0.1, -0.05) is 48.5 Å². The molecule has 0 bridgehead atoms. The molecule has 0 aromatic heterocycles. The molecule has 6 heteroatoms. The largest absolute Gasteiger partial charge is 0.387 e. The van der Waals surface area contributed by atoms with Crippen LogP contribution in [0.2, 0.25) is 0 Å². The Balaban J connectivity index is 1.46. The van der Waals surface area contributed by atoms with E-state index in [0.29, 0.717) is 0 Å². The molecule has 0 saturated carbocycles. The maximum absolute atomic E-state index is 10.5. The van der Waals surface area contributed by atoms with E-state index in [-0.39, 0.29) is 6.61 Å². The lowest BCUT2D eigenvalue weighted by Crippen LogP contribution is -2.63. The summed E-state index contributed by atoms with van der Waals surface area (Å²) in [6, 6.07) is 18.9. The quantitative estimate of drug-likeness (QED) is 0.787. The minimum Gasteiger partial charge on any atom is -0.387 e. The SMILES string of the molecule is O[C@@H]1[C@@H](O)[C@H](Nc2ccccc2)O[C@@H]2COC(c3ccccc3)O[C@@H]12. The van der Waals surface area contributed by atoms with Crippen molar-refractivity contribution in [3.8, 4) is 0 Å². The summed E-state index contributed by atoms with van der Waals surface area (Å²) in [5.41, 5.74) is 1.67. The molecule has 132 valence electrons. The number of rotatable bonds is 3. The molecule has 0 spiro atoms. The molecule has 2 aliphatic heterocycles. The average Bonchev–Trinajstić information content (AvgIpc) is 2.67. The molecular weight excluding hydrogens is 322 g/mol. The van der Waals surface area contributed by atoms with E-state index >= 15 is 0 Å². The zero-order chi connectivity index (χ0) is 17.2. The first-order valence-corrected chi connectivity index (χ1v) is 8.37. The van der Waals surface area contributed by atoms with Crippen molar-refractivity contribution in [2.75, 3.05) is 11.9 Å². The molecule has 0 aliphatic carbocycles. The molecular formula is C19H21NO5. The molecule has 3 N–H and O–H groups in total. The monoisotopic (exact) mass is 343 g/mol. The molecule has 2 aromatic carbocycles. The van der Waals surface area contributed by atoms with Crippen molar-refractivity contribution >= 4 is 5.69 Å². The summed E-state index contributed by atoms with van der Waals surface area (Å²) in [6.07, 6.45) is -4.61. The molecule has 6 nitrogen and oxygen atoms in total. The highest BCUT2D eigenvalue weighted by Gasteiger charge is 2.48. The summed E-state index contributed by atoms with van der Waals surface area (Å²) in [4.78, 5) is 0. The van der Waals surface area contributed by atoms with Crippen LogP contribution >= 0.6 is 0 Å². The van der Waals surface area contributed by atoms with Gasteiger partial charge in [-0.15, -0.1) is 0 Å². The van der Waals surface area contributed by atoms with E-state index in [1.807, 2.05) is 60.7 Å². The van der Waals surface area contributed by atoms with E-state index < -0.39 is 36.9 Å². The second-order valence-corrected chi connectivity index (χ2v) is 6.26. The maximum atomic E-state index is 10.5. The summed E-state index contributed by atoms with van der Waals surface area (Å²) in [7, 11) is 0. The number of hydrogen-bond donors (Lipinski definition) is 3. The Bertz CT molecular complexity index is 681. The number of nitrogens with one attached hydrogen (secondary N) is 1. The molecule has 6 atom stereocenters. The highest BCUT2D eigenvalue weighted by molar-refractivity contribution is 5.43. The lowest BCUT2D eigenvalue weighted by Gasteiger charge is -2.46. The van der Waals surface area contributed by atoms with Crippen LogP contribution in [0.25, 0.3) is 0 Å². The van der Waals surface area contributed by atoms with Gasteiger partial charge in [0.15, 0.2) is 12.5 Å². The zero-order valence-corrected chi connectivity index (χ0v) is 13.6. The standard InChI is InChI=1S/C19H21NO5/c21-15-16(22)18(20-13-9-5-2-6-10-13)24-14-11-23-19(25-17(14)15)12-7-3-1-4-8-12/h1-10,14-22H,11H2/t14-,15-,16-,17-,18-,19?/m1/s1. The molecule has 4 rings (SSSR count). The Kier molecular flexibility index (Phi) is 4.70. The number of para-hydroxylation sites is 1. The first-order chi connectivity index (χ1) is 12.2. The normalized spacial score (nSPS) is 35.0. The van der Waals surface area contributed by atoms with Crippen LogP contribution in [-0.2, 0) is 14.2 Å². The minimum atomic E-state index is -1.11. The Hall–Kier alpha value is -1.96. The fourth-order valence-corrected chi connectivity index (χ4v) is 3.21. The van der Waals surface area contributed by atoms with E-state index in [9.17, 15) is 10.2 Å². The number of ether oxygens (including phenoxy) is 3. The summed E-state index contributed by atoms with van der Waals surface area (Å²) in [5.74, 6) is 0. The number of aliphatic hydroxyl groups is 2. The summed E-state index contributed by atoms with van der Waals surface area (Å²) >= 11 is 0. The topological polar surface area (TPSA) is 80.2 Å². The first kappa shape index (κ1) is 16.5. The lowest BCUT2D eigenvalue weighted by molar-refractivity contribution is -0.325. The van der Waals surface area contributed by atoms with Crippen LogP contribution in [0.15, 0.2) is 60.7 Å². The Morgan fingerprint density at radius 3 is 2.24 bits per heavy atom. The fourth-order valence-electron chi connectivity index (χ4n) is 3.21. The van der Waals surface area contributed by atoms with E-state index in [4.69, 9.17) is 14.2 Å².